The van der Waals surface area contributed by atoms with Crippen LogP contribution in [0.5, 0.6) is 0 Å². The van der Waals surface area contributed by atoms with Crippen molar-refractivity contribution in [1.29, 1.82) is 0 Å². The van der Waals surface area contributed by atoms with Crippen molar-refractivity contribution in [2.45, 2.75) is 6.54 Å². The van der Waals surface area contributed by atoms with Crippen LogP contribution in [-0.2, 0) is 20.8 Å². The van der Waals surface area contributed by atoms with E-state index in [9.17, 15) is 9.59 Å². The first-order valence-electron chi connectivity index (χ1n) is 8.14. The first-order valence-corrected chi connectivity index (χ1v) is 8.90. The highest BCUT2D eigenvalue weighted by Crippen LogP contribution is 2.28. The summed E-state index contributed by atoms with van der Waals surface area (Å²) in [6.45, 7) is 0.681. The van der Waals surface area contributed by atoms with Crippen molar-refractivity contribution in [2.75, 3.05) is 32.6 Å². The van der Waals surface area contributed by atoms with Gasteiger partial charge in [-0.15, -0.1) is 0 Å². The average molecular weight is 411 g/mol. The van der Waals surface area contributed by atoms with Crippen molar-refractivity contribution in [1.82, 2.24) is 4.90 Å². The summed E-state index contributed by atoms with van der Waals surface area (Å²) in [4.78, 5) is 26.3. The molecule has 0 aliphatic rings. The second kappa shape index (κ2) is 10.2. The lowest BCUT2D eigenvalue weighted by Crippen LogP contribution is -2.36. The van der Waals surface area contributed by atoms with Gasteiger partial charge in [0.15, 0.2) is 6.61 Å². The Balaban J connectivity index is 2.03. The molecule has 27 heavy (non-hydrogen) atoms. The number of esters is 1. The smallest absolute Gasteiger partial charge is 0.340 e. The zero-order chi connectivity index (χ0) is 19.8. The highest BCUT2D eigenvalue weighted by molar-refractivity contribution is 6.37. The van der Waals surface area contributed by atoms with Gasteiger partial charge in [-0.05, 0) is 17.7 Å². The summed E-state index contributed by atoms with van der Waals surface area (Å²) in [6, 6.07) is 12.3. The number of nitrogen functional groups attached to an aromatic ring is 1. The molecular formula is C19H20Cl2N2O4. The zero-order valence-electron chi connectivity index (χ0n) is 14.8. The molecule has 0 atom stereocenters. The van der Waals surface area contributed by atoms with Crippen LogP contribution >= 0.6 is 23.2 Å². The van der Waals surface area contributed by atoms with Crippen LogP contribution in [-0.4, -0.2) is 43.6 Å². The summed E-state index contributed by atoms with van der Waals surface area (Å²) in [5, 5.41) is 0.393. The van der Waals surface area contributed by atoms with Gasteiger partial charge in [0.1, 0.15) is 0 Å². The van der Waals surface area contributed by atoms with Crippen LogP contribution < -0.4 is 5.73 Å². The maximum atomic E-state index is 12.5. The fourth-order valence-electron chi connectivity index (χ4n) is 2.35. The van der Waals surface area contributed by atoms with Crippen molar-refractivity contribution in [3.8, 4) is 0 Å². The number of hydrogen-bond acceptors (Lipinski definition) is 5. The second-order valence-corrected chi connectivity index (χ2v) is 6.56. The Hall–Kier alpha value is -2.28. The van der Waals surface area contributed by atoms with E-state index in [2.05, 4.69) is 0 Å². The largest absolute Gasteiger partial charge is 0.452 e. The molecule has 0 spiro atoms. The molecule has 0 unspecified atom stereocenters. The minimum atomic E-state index is -0.767. The molecule has 0 aliphatic carbocycles. The van der Waals surface area contributed by atoms with E-state index in [1.807, 2.05) is 30.3 Å². The van der Waals surface area contributed by atoms with Gasteiger partial charge in [-0.25, -0.2) is 4.79 Å². The molecule has 8 heteroatoms. The molecule has 1 amide bonds. The molecule has 0 saturated carbocycles. The van der Waals surface area contributed by atoms with Crippen LogP contribution in [0.25, 0.3) is 0 Å². The summed E-state index contributed by atoms with van der Waals surface area (Å²) in [5.41, 5.74) is 6.82. The molecule has 6 nitrogen and oxygen atoms in total. The molecule has 2 N–H and O–H groups in total. The number of methoxy groups -OCH3 is 1. The second-order valence-electron chi connectivity index (χ2n) is 5.72. The van der Waals surface area contributed by atoms with Gasteiger partial charge < -0.3 is 20.1 Å². The Bertz CT molecular complexity index is 800. The molecule has 2 aromatic rings. The van der Waals surface area contributed by atoms with E-state index in [1.165, 1.54) is 12.1 Å². The van der Waals surface area contributed by atoms with E-state index in [0.29, 0.717) is 19.7 Å². The van der Waals surface area contributed by atoms with Crippen LogP contribution in [0, 0.1) is 0 Å². The van der Waals surface area contributed by atoms with Gasteiger partial charge in [-0.1, -0.05) is 53.5 Å². The summed E-state index contributed by atoms with van der Waals surface area (Å²) in [5.74, 6) is -1.12. The Morgan fingerprint density at radius 2 is 1.85 bits per heavy atom. The number of ether oxygens (including phenoxy) is 2. The van der Waals surface area contributed by atoms with Gasteiger partial charge in [-0.3, -0.25) is 4.79 Å². The van der Waals surface area contributed by atoms with Crippen molar-refractivity contribution in [3.05, 3.63) is 63.6 Å². The molecule has 0 aliphatic heterocycles. The fourth-order valence-corrected chi connectivity index (χ4v) is 2.84. The third kappa shape index (κ3) is 6.13. The monoisotopic (exact) mass is 410 g/mol. The minimum absolute atomic E-state index is 0.0202. The van der Waals surface area contributed by atoms with Gasteiger partial charge in [0.05, 0.1) is 22.9 Å². The third-order valence-corrected chi connectivity index (χ3v) is 4.31. The average Bonchev–Trinajstić information content (AvgIpc) is 2.66. The topological polar surface area (TPSA) is 81.9 Å². The van der Waals surface area contributed by atoms with E-state index in [1.54, 1.807) is 12.0 Å². The molecule has 2 rings (SSSR count). The fraction of sp³-hybridized carbons (Fsp3) is 0.263. The molecule has 0 aromatic heterocycles. The molecule has 0 fully saturated rings. The molecule has 0 heterocycles. The Labute approximate surface area is 167 Å². The normalized spacial score (nSPS) is 10.5. The predicted molar refractivity (Wildman–Crippen MR) is 105 cm³/mol. The standard InChI is InChI=1S/C19H20Cl2N2O4/c1-26-8-7-23(11-13-5-3-2-4-6-13)17(24)12-27-19(25)15-9-14(20)10-16(21)18(15)22/h2-6,9-10H,7-8,11-12,22H2,1H3. The molecule has 0 bridgehead atoms. The lowest BCUT2D eigenvalue weighted by molar-refractivity contribution is -0.135. The predicted octanol–water partition coefficient (Wildman–Crippen LogP) is 3.41. The minimum Gasteiger partial charge on any atom is -0.452 e. The zero-order valence-corrected chi connectivity index (χ0v) is 16.3. The highest BCUT2D eigenvalue weighted by atomic mass is 35.5. The SMILES string of the molecule is COCCN(Cc1ccccc1)C(=O)COC(=O)c1cc(Cl)cc(Cl)c1N. The van der Waals surface area contributed by atoms with Crippen molar-refractivity contribution in [3.63, 3.8) is 0 Å². The van der Waals surface area contributed by atoms with Crippen molar-refractivity contribution in [2.24, 2.45) is 0 Å². The van der Waals surface area contributed by atoms with E-state index >= 15 is 0 Å². The number of hydrogen-bond donors (Lipinski definition) is 1. The van der Waals surface area contributed by atoms with Crippen LogP contribution in [0.3, 0.4) is 0 Å². The van der Waals surface area contributed by atoms with Crippen LogP contribution in [0.2, 0.25) is 10.0 Å². The van der Waals surface area contributed by atoms with E-state index in [0.717, 1.165) is 5.56 Å². The molecule has 2 aromatic carbocycles. The summed E-state index contributed by atoms with van der Waals surface area (Å²) >= 11 is 11.8. The molecular weight excluding hydrogens is 391 g/mol. The summed E-state index contributed by atoms with van der Waals surface area (Å²) < 4.78 is 10.2. The number of carbonyl (C=O) groups excluding carboxylic acids is 2. The maximum Gasteiger partial charge on any atom is 0.340 e. The number of anilines is 1. The number of nitrogens with two attached hydrogens (primary N) is 1. The van der Waals surface area contributed by atoms with Gasteiger partial charge in [0.25, 0.3) is 5.91 Å². The number of benzene rings is 2. The van der Waals surface area contributed by atoms with Crippen LogP contribution in [0.15, 0.2) is 42.5 Å². The van der Waals surface area contributed by atoms with Crippen LogP contribution in [0.4, 0.5) is 5.69 Å². The van der Waals surface area contributed by atoms with Crippen LogP contribution in [0.1, 0.15) is 15.9 Å². The van der Waals surface area contributed by atoms with Crippen molar-refractivity contribution >= 4 is 40.8 Å². The number of nitrogens with zero attached hydrogens (tertiary/aromatic N) is 1. The Morgan fingerprint density at radius 3 is 2.52 bits per heavy atom. The first-order chi connectivity index (χ1) is 12.9. The Morgan fingerprint density at radius 1 is 1.15 bits per heavy atom. The number of carbonyl (C=O) groups is 2. The molecule has 0 saturated heterocycles. The van der Waals surface area contributed by atoms with E-state index in [4.69, 9.17) is 38.4 Å². The number of amides is 1. The highest BCUT2D eigenvalue weighted by Gasteiger charge is 2.19. The summed E-state index contributed by atoms with van der Waals surface area (Å²) in [6.07, 6.45) is 0. The van der Waals surface area contributed by atoms with Gasteiger partial charge in [0.2, 0.25) is 0 Å². The third-order valence-electron chi connectivity index (χ3n) is 3.78. The summed E-state index contributed by atoms with van der Waals surface area (Å²) in [7, 11) is 1.55. The molecule has 144 valence electrons. The lowest BCUT2D eigenvalue weighted by atomic mass is 10.2. The number of halogens is 2. The molecule has 0 radical (unpaired) electrons. The lowest BCUT2D eigenvalue weighted by Gasteiger charge is -2.22. The van der Waals surface area contributed by atoms with Gasteiger partial charge in [-0.2, -0.15) is 0 Å². The first kappa shape index (κ1) is 21.0. The van der Waals surface area contributed by atoms with Crippen molar-refractivity contribution < 1.29 is 19.1 Å². The van der Waals surface area contributed by atoms with Gasteiger partial charge in [0, 0.05) is 25.2 Å². The van der Waals surface area contributed by atoms with E-state index in [-0.39, 0.29) is 27.2 Å². The maximum absolute atomic E-state index is 12.5. The Kier molecular flexibility index (Phi) is 7.91. The van der Waals surface area contributed by atoms with Gasteiger partial charge >= 0.3 is 5.97 Å². The van der Waals surface area contributed by atoms with E-state index < -0.39 is 12.6 Å². The number of rotatable bonds is 8. The quantitative estimate of drug-likeness (QED) is 0.532.